The Morgan fingerprint density at radius 3 is 2.12 bits per heavy atom. The Morgan fingerprint density at radius 1 is 1.19 bits per heavy atom. The molecule has 0 saturated heterocycles. The van der Waals surface area contributed by atoms with E-state index in [1.54, 1.807) is 0 Å². The van der Waals surface area contributed by atoms with Gasteiger partial charge in [-0.25, -0.2) is 0 Å². The highest BCUT2D eigenvalue weighted by Gasteiger charge is 2.06. The first-order valence-electron chi connectivity index (χ1n) is 5.02. The predicted molar refractivity (Wildman–Crippen MR) is 63.1 cm³/mol. The molecule has 0 aliphatic carbocycles. The van der Waals surface area contributed by atoms with E-state index in [-0.39, 0.29) is 0 Å². The molecule has 1 nitrogen and oxygen atoms in total. The van der Waals surface area contributed by atoms with Crippen LogP contribution in [0, 0.1) is 5.92 Å². The second kappa shape index (κ2) is 9.01. The van der Waals surface area contributed by atoms with Crippen molar-refractivity contribution < 1.29 is 12.9 Å². The molecule has 0 spiro atoms. The normalized spacial score (nSPS) is 10.1. The van der Waals surface area contributed by atoms with Crippen LogP contribution in [0.1, 0.15) is 20.3 Å². The van der Waals surface area contributed by atoms with Gasteiger partial charge in [0, 0.05) is 6.21 Å². The molecule has 1 aromatic carbocycles. The van der Waals surface area contributed by atoms with E-state index in [0.717, 1.165) is 12.1 Å². The minimum absolute atomic E-state index is 0.692. The van der Waals surface area contributed by atoms with Crippen LogP contribution < -0.4 is 0 Å². The molecule has 0 aliphatic heterocycles. The van der Waals surface area contributed by atoms with E-state index in [1.807, 2.05) is 36.5 Å². The summed E-state index contributed by atoms with van der Waals surface area (Å²) in [4.78, 5) is 4.32. The van der Waals surface area contributed by atoms with Gasteiger partial charge in [0.25, 0.3) is 0 Å². The van der Waals surface area contributed by atoms with E-state index < -0.39 is 7.54 Å². The van der Waals surface area contributed by atoms with Gasteiger partial charge >= 0.3 is 7.54 Å². The largest absolute Gasteiger partial charge is 0.762 e. The molecule has 88 valence electrons. The lowest BCUT2D eigenvalue weighted by Gasteiger charge is -1.96. The third-order valence-corrected chi connectivity index (χ3v) is 1.57. The van der Waals surface area contributed by atoms with Crippen LogP contribution in [0.5, 0.6) is 0 Å². The summed E-state index contributed by atoms with van der Waals surface area (Å²) in [5.41, 5.74) is 1.04. The van der Waals surface area contributed by atoms with Crippen LogP contribution in [0.4, 0.5) is 18.6 Å². The van der Waals surface area contributed by atoms with Crippen LogP contribution in [0.3, 0.4) is 0 Å². The smallest absolute Gasteiger partial charge is 0.261 e. The summed E-state index contributed by atoms with van der Waals surface area (Å²) in [5, 5.41) is 0. The fourth-order valence-corrected chi connectivity index (χ4v) is 0.883. The summed E-state index contributed by atoms with van der Waals surface area (Å²) in [7, 11) is -3.67. The topological polar surface area (TPSA) is 12.4 Å². The fraction of sp³-hybridized carbons (Fsp3) is 0.364. The number of benzene rings is 1. The highest BCUT2D eigenvalue weighted by Crippen LogP contribution is 2.09. The molecular weight excluding hydrogens is 214 g/mol. The molecule has 0 unspecified atom stereocenters. The van der Waals surface area contributed by atoms with E-state index in [1.165, 1.54) is 0 Å². The maximum absolute atomic E-state index is 9.67. The minimum atomic E-state index is -3.67. The average molecular weight is 229 g/mol. The van der Waals surface area contributed by atoms with Crippen molar-refractivity contribution in [3.8, 4) is 0 Å². The molecule has 5 heteroatoms. The average Bonchev–Trinajstić information content (AvgIpc) is 2.18. The lowest BCUT2D eigenvalue weighted by atomic mass is 10.1. The molecule has 1 rings (SSSR count). The zero-order valence-electron chi connectivity index (χ0n) is 9.41. The maximum atomic E-state index is 9.67. The molecule has 0 heterocycles. The van der Waals surface area contributed by atoms with Crippen LogP contribution in [-0.2, 0) is 0 Å². The van der Waals surface area contributed by atoms with Gasteiger partial charge in [0.15, 0.2) is 0 Å². The van der Waals surface area contributed by atoms with E-state index in [9.17, 15) is 12.9 Å². The molecule has 0 saturated carbocycles. The number of rotatable bonds is 3. The van der Waals surface area contributed by atoms with E-state index >= 15 is 0 Å². The van der Waals surface area contributed by atoms with Gasteiger partial charge in [-0.1, -0.05) is 32.0 Å². The molecule has 0 fully saturated rings. The zero-order chi connectivity index (χ0) is 12.4. The fourth-order valence-electron chi connectivity index (χ4n) is 0.883. The van der Waals surface area contributed by atoms with Crippen molar-refractivity contribution in [2.24, 2.45) is 10.9 Å². The molecule has 1 aromatic rings. The van der Waals surface area contributed by atoms with Crippen molar-refractivity contribution in [3.63, 3.8) is 0 Å². The van der Waals surface area contributed by atoms with Crippen molar-refractivity contribution in [1.82, 2.24) is 0 Å². The molecular formula is C11H15BF3N. The molecule has 0 bridgehead atoms. The molecule has 0 atom stereocenters. The number of aliphatic imine (C=N–C) groups is 1. The second-order valence-corrected chi connectivity index (χ2v) is 3.52. The van der Waals surface area contributed by atoms with Crippen LogP contribution in [0.2, 0.25) is 0 Å². The molecule has 0 aromatic heterocycles. The molecule has 0 N–H and O–H groups in total. The third kappa shape index (κ3) is 10.8. The van der Waals surface area contributed by atoms with Gasteiger partial charge < -0.3 is 0 Å². The Hall–Kier alpha value is -1.26. The number of hydrogen-bond acceptors (Lipinski definition) is 1. The van der Waals surface area contributed by atoms with Crippen molar-refractivity contribution in [3.05, 3.63) is 30.3 Å². The summed E-state index contributed by atoms with van der Waals surface area (Å²) < 4.78 is 29.0. The van der Waals surface area contributed by atoms with Crippen molar-refractivity contribution in [1.29, 1.82) is 0 Å². The maximum Gasteiger partial charge on any atom is 0.762 e. The van der Waals surface area contributed by atoms with Crippen molar-refractivity contribution in [2.45, 2.75) is 20.3 Å². The predicted octanol–water partition coefficient (Wildman–Crippen LogP) is 4.31. The summed E-state index contributed by atoms with van der Waals surface area (Å²) >= 11 is 0. The summed E-state index contributed by atoms with van der Waals surface area (Å²) in [6, 6.07) is 10.0. The van der Waals surface area contributed by atoms with Gasteiger partial charge in [0.2, 0.25) is 0 Å². The Balaban J connectivity index is 0.000000487. The Kier molecular flexibility index (Phi) is 8.30. The first-order chi connectivity index (χ1) is 7.52. The Morgan fingerprint density at radius 2 is 1.69 bits per heavy atom. The lowest BCUT2D eigenvalue weighted by Crippen LogP contribution is -1.85. The summed E-state index contributed by atoms with van der Waals surface area (Å²) in [6.45, 7) is 4.38. The third-order valence-electron chi connectivity index (χ3n) is 1.57. The first-order valence-corrected chi connectivity index (χ1v) is 5.02. The highest BCUT2D eigenvalue weighted by molar-refractivity contribution is 6.33. The second-order valence-electron chi connectivity index (χ2n) is 3.52. The van der Waals surface area contributed by atoms with Crippen LogP contribution >= 0.6 is 0 Å². The number of nitrogens with zero attached hydrogens (tertiary/aromatic N) is 1. The molecule has 0 aliphatic rings. The standard InChI is InChI=1S/C11H15N.BF3/c1-10(2)8-9-12-11-6-4-3-5-7-11;2-1(3)4/h3-7,9-10H,8H2,1-2H3;. The van der Waals surface area contributed by atoms with E-state index in [4.69, 9.17) is 0 Å². The van der Waals surface area contributed by atoms with E-state index in [0.29, 0.717) is 5.92 Å². The highest BCUT2D eigenvalue weighted by atomic mass is 19.4. The van der Waals surface area contributed by atoms with Crippen molar-refractivity contribution in [2.75, 3.05) is 0 Å². The number of hydrogen-bond donors (Lipinski definition) is 0. The number of halogens is 3. The lowest BCUT2D eigenvalue weighted by molar-refractivity contribution is 0.535. The first kappa shape index (κ1) is 14.7. The quantitative estimate of drug-likeness (QED) is 0.540. The monoisotopic (exact) mass is 229 g/mol. The molecule has 16 heavy (non-hydrogen) atoms. The number of para-hydroxylation sites is 1. The van der Waals surface area contributed by atoms with Crippen LogP contribution in [0.25, 0.3) is 0 Å². The minimum Gasteiger partial charge on any atom is -0.261 e. The summed E-state index contributed by atoms with van der Waals surface area (Å²) in [5.74, 6) is 0.692. The van der Waals surface area contributed by atoms with E-state index in [2.05, 4.69) is 18.8 Å². The Labute approximate surface area is 94.6 Å². The van der Waals surface area contributed by atoms with Gasteiger partial charge in [0.05, 0.1) is 5.69 Å². The van der Waals surface area contributed by atoms with Crippen LogP contribution in [0.15, 0.2) is 35.3 Å². The molecule has 0 radical (unpaired) electrons. The van der Waals surface area contributed by atoms with Gasteiger partial charge in [-0.15, -0.1) is 0 Å². The molecule has 0 amide bonds. The van der Waals surface area contributed by atoms with Gasteiger partial charge in [-0.05, 0) is 24.5 Å². The van der Waals surface area contributed by atoms with Crippen LogP contribution in [-0.4, -0.2) is 13.8 Å². The van der Waals surface area contributed by atoms with Gasteiger partial charge in [-0.2, -0.15) is 0 Å². The zero-order valence-corrected chi connectivity index (χ0v) is 9.41. The SMILES string of the molecule is CC(C)CC=Nc1ccccc1.FB(F)F. The van der Waals surface area contributed by atoms with Gasteiger partial charge in [0.1, 0.15) is 0 Å². The Bertz CT molecular complexity index is 286. The van der Waals surface area contributed by atoms with Crippen molar-refractivity contribution >= 4 is 19.4 Å². The van der Waals surface area contributed by atoms with Gasteiger partial charge in [-0.3, -0.25) is 17.9 Å². The summed E-state index contributed by atoms with van der Waals surface area (Å²) in [6.07, 6.45) is 3.04.